The molecule has 2 heterocycles. The number of hydrogen-bond donors (Lipinski definition) is 1. The molecule has 0 saturated carbocycles. The van der Waals surface area contributed by atoms with E-state index in [9.17, 15) is 0 Å². The Morgan fingerprint density at radius 3 is 1.95 bits per heavy atom. The molecule has 2 saturated heterocycles. The van der Waals surface area contributed by atoms with Crippen LogP contribution >= 0.6 is 0 Å². The fraction of sp³-hybridized carbons (Fsp3) is 1.00. The fourth-order valence-corrected chi connectivity index (χ4v) is 3.99. The average molecular weight is 296 g/mol. The molecule has 2 aliphatic rings. The summed E-state index contributed by atoms with van der Waals surface area (Å²) in [6.45, 7) is 17.1. The zero-order valence-corrected chi connectivity index (χ0v) is 14.8. The first-order valence-corrected chi connectivity index (χ1v) is 9.23. The van der Waals surface area contributed by atoms with Crippen LogP contribution in [0.25, 0.3) is 0 Å². The molecular formula is C18H37N3. The molecule has 0 atom stereocenters. The number of piperidine rings is 2. The van der Waals surface area contributed by atoms with E-state index in [4.69, 9.17) is 0 Å². The molecule has 2 rings (SSSR count). The van der Waals surface area contributed by atoms with Gasteiger partial charge in [-0.15, -0.1) is 0 Å². The topological polar surface area (TPSA) is 18.5 Å². The van der Waals surface area contributed by atoms with Crippen molar-refractivity contribution >= 4 is 0 Å². The Labute approximate surface area is 132 Å². The van der Waals surface area contributed by atoms with Crippen LogP contribution in [-0.4, -0.2) is 61.2 Å². The van der Waals surface area contributed by atoms with Crippen LogP contribution in [0.3, 0.4) is 0 Å². The van der Waals surface area contributed by atoms with E-state index in [2.05, 4.69) is 42.8 Å². The van der Waals surface area contributed by atoms with Crippen LogP contribution in [0.15, 0.2) is 0 Å². The molecule has 0 radical (unpaired) electrons. The quantitative estimate of drug-likeness (QED) is 0.813. The van der Waals surface area contributed by atoms with Crippen LogP contribution in [0.5, 0.6) is 0 Å². The number of nitrogens with one attached hydrogen (secondary N) is 1. The molecule has 0 bridgehead atoms. The van der Waals surface area contributed by atoms with Crippen LogP contribution < -0.4 is 5.32 Å². The minimum Gasteiger partial charge on any atom is -0.312 e. The highest BCUT2D eigenvalue weighted by Gasteiger charge is 2.24. The number of hydrogen-bond acceptors (Lipinski definition) is 3. The third-order valence-corrected chi connectivity index (χ3v) is 5.00. The van der Waals surface area contributed by atoms with Gasteiger partial charge in [0.05, 0.1) is 0 Å². The molecule has 0 aromatic rings. The molecule has 3 heteroatoms. The molecule has 0 spiro atoms. The summed E-state index contributed by atoms with van der Waals surface area (Å²) in [6.07, 6.45) is 5.50. The van der Waals surface area contributed by atoms with Gasteiger partial charge in [-0.3, -0.25) is 0 Å². The van der Waals surface area contributed by atoms with E-state index in [1.807, 2.05) is 0 Å². The summed E-state index contributed by atoms with van der Waals surface area (Å²) < 4.78 is 0. The van der Waals surface area contributed by atoms with Crippen molar-refractivity contribution in [2.75, 3.05) is 39.3 Å². The minimum absolute atomic E-state index is 0.631. The Hall–Kier alpha value is -0.120. The Bertz CT molecular complexity index is 246. The highest BCUT2D eigenvalue weighted by molar-refractivity contribution is 4.81. The molecule has 124 valence electrons. The summed E-state index contributed by atoms with van der Waals surface area (Å²) in [4.78, 5) is 5.39. The zero-order valence-electron chi connectivity index (χ0n) is 14.8. The number of likely N-dealkylation sites (tertiary alicyclic amines) is 2. The lowest BCUT2D eigenvalue weighted by Gasteiger charge is -2.38. The van der Waals surface area contributed by atoms with Crippen molar-refractivity contribution in [3.8, 4) is 0 Å². The normalized spacial score (nSPS) is 24.3. The number of nitrogens with zero attached hydrogens (tertiary/aromatic N) is 2. The Balaban J connectivity index is 1.61. The fourth-order valence-electron chi connectivity index (χ4n) is 3.99. The van der Waals surface area contributed by atoms with Crippen molar-refractivity contribution in [2.24, 2.45) is 11.8 Å². The van der Waals surface area contributed by atoms with Gasteiger partial charge in [0, 0.05) is 25.2 Å². The molecule has 2 aliphatic heterocycles. The number of rotatable bonds is 6. The van der Waals surface area contributed by atoms with Crippen molar-refractivity contribution in [1.82, 2.24) is 15.1 Å². The van der Waals surface area contributed by atoms with Gasteiger partial charge in [0.25, 0.3) is 0 Å². The van der Waals surface area contributed by atoms with Crippen molar-refractivity contribution in [1.29, 1.82) is 0 Å². The Morgan fingerprint density at radius 2 is 1.43 bits per heavy atom. The summed E-state index contributed by atoms with van der Waals surface area (Å²) in [7, 11) is 0. The van der Waals surface area contributed by atoms with E-state index < -0.39 is 0 Å². The van der Waals surface area contributed by atoms with E-state index in [1.54, 1.807) is 0 Å². The SMILES string of the molecule is CC(C)CN1CCC(CN2CCC(NC(C)C)CC2)CC1. The monoisotopic (exact) mass is 295 g/mol. The van der Waals surface area contributed by atoms with E-state index >= 15 is 0 Å². The van der Waals surface area contributed by atoms with Gasteiger partial charge >= 0.3 is 0 Å². The third-order valence-electron chi connectivity index (χ3n) is 5.00. The standard InChI is InChI=1S/C18H37N3/c1-15(2)13-20-9-5-17(6-10-20)14-21-11-7-18(8-12-21)19-16(3)4/h15-19H,5-14H2,1-4H3. The van der Waals surface area contributed by atoms with Crippen molar-refractivity contribution in [2.45, 2.75) is 65.5 Å². The van der Waals surface area contributed by atoms with E-state index in [0.29, 0.717) is 6.04 Å². The first kappa shape index (κ1) is 17.2. The van der Waals surface area contributed by atoms with Crippen molar-refractivity contribution < 1.29 is 0 Å². The first-order chi connectivity index (χ1) is 10.0. The maximum absolute atomic E-state index is 3.70. The summed E-state index contributed by atoms with van der Waals surface area (Å²) in [5.41, 5.74) is 0. The largest absolute Gasteiger partial charge is 0.312 e. The van der Waals surface area contributed by atoms with Gasteiger partial charge in [-0.1, -0.05) is 27.7 Å². The smallest absolute Gasteiger partial charge is 0.00937 e. The summed E-state index contributed by atoms with van der Waals surface area (Å²) in [6, 6.07) is 1.39. The summed E-state index contributed by atoms with van der Waals surface area (Å²) >= 11 is 0. The van der Waals surface area contributed by atoms with Gasteiger partial charge < -0.3 is 15.1 Å². The molecule has 3 nitrogen and oxygen atoms in total. The van der Waals surface area contributed by atoms with Crippen LogP contribution in [0, 0.1) is 11.8 Å². The summed E-state index contributed by atoms with van der Waals surface area (Å²) in [5, 5.41) is 3.70. The van der Waals surface area contributed by atoms with Gasteiger partial charge in [-0.2, -0.15) is 0 Å². The molecule has 0 aromatic heterocycles. The van der Waals surface area contributed by atoms with Gasteiger partial charge in [0.15, 0.2) is 0 Å². The first-order valence-electron chi connectivity index (χ1n) is 9.23. The average Bonchev–Trinajstić information content (AvgIpc) is 2.42. The maximum atomic E-state index is 3.70. The molecule has 0 aliphatic carbocycles. The predicted octanol–water partition coefficient (Wildman–Crippen LogP) is 2.82. The van der Waals surface area contributed by atoms with Crippen LogP contribution in [-0.2, 0) is 0 Å². The highest BCUT2D eigenvalue weighted by Crippen LogP contribution is 2.21. The van der Waals surface area contributed by atoms with E-state index in [-0.39, 0.29) is 0 Å². The van der Waals surface area contributed by atoms with Crippen molar-refractivity contribution in [3.05, 3.63) is 0 Å². The Kier molecular flexibility index (Phi) is 6.97. The molecular weight excluding hydrogens is 258 g/mol. The van der Waals surface area contributed by atoms with Crippen LogP contribution in [0.4, 0.5) is 0 Å². The second kappa shape index (κ2) is 8.50. The van der Waals surface area contributed by atoms with E-state index in [0.717, 1.165) is 17.9 Å². The summed E-state index contributed by atoms with van der Waals surface area (Å²) in [5.74, 6) is 1.76. The Morgan fingerprint density at radius 1 is 0.857 bits per heavy atom. The minimum atomic E-state index is 0.631. The molecule has 2 fully saturated rings. The maximum Gasteiger partial charge on any atom is 0.00937 e. The molecule has 0 unspecified atom stereocenters. The zero-order chi connectivity index (χ0) is 15.2. The van der Waals surface area contributed by atoms with Crippen LogP contribution in [0.2, 0.25) is 0 Å². The van der Waals surface area contributed by atoms with Gasteiger partial charge in [-0.25, -0.2) is 0 Å². The molecule has 21 heavy (non-hydrogen) atoms. The van der Waals surface area contributed by atoms with E-state index in [1.165, 1.54) is 65.0 Å². The second-order valence-electron chi connectivity index (χ2n) is 8.03. The highest BCUT2D eigenvalue weighted by atomic mass is 15.2. The third kappa shape index (κ3) is 6.25. The van der Waals surface area contributed by atoms with Crippen LogP contribution in [0.1, 0.15) is 53.4 Å². The lowest BCUT2D eigenvalue weighted by Crippen LogP contribution is -2.47. The lowest BCUT2D eigenvalue weighted by atomic mass is 9.94. The van der Waals surface area contributed by atoms with Gasteiger partial charge in [0.2, 0.25) is 0 Å². The molecule has 0 aromatic carbocycles. The lowest BCUT2D eigenvalue weighted by molar-refractivity contribution is 0.116. The van der Waals surface area contributed by atoms with Gasteiger partial charge in [0.1, 0.15) is 0 Å². The van der Waals surface area contributed by atoms with Crippen molar-refractivity contribution in [3.63, 3.8) is 0 Å². The second-order valence-corrected chi connectivity index (χ2v) is 8.03. The molecule has 0 amide bonds. The molecule has 1 N–H and O–H groups in total. The predicted molar refractivity (Wildman–Crippen MR) is 91.7 cm³/mol. The van der Waals surface area contributed by atoms with Gasteiger partial charge in [-0.05, 0) is 63.7 Å².